The molecule has 80 valence electrons. The summed E-state index contributed by atoms with van der Waals surface area (Å²) in [7, 11) is 0. The van der Waals surface area contributed by atoms with Crippen molar-refractivity contribution in [2.24, 2.45) is 5.92 Å². The third-order valence-corrected chi connectivity index (χ3v) is 3.89. The molecule has 1 aliphatic heterocycles. The van der Waals surface area contributed by atoms with Crippen LogP contribution in [0.15, 0.2) is 0 Å². The van der Waals surface area contributed by atoms with E-state index in [0.29, 0.717) is 6.54 Å². The summed E-state index contributed by atoms with van der Waals surface area (Å²) in [5, 5.41) is 3.12. The van der Waals surface area contributed by atoms with Crippen LogP contribution in [0.25, 0.3) is 0 Å². The second kappa shape index (κ2) is 3.54. The zero-order chi connectivity index (χ0) is 10.2. The Morgan fingerprint density at radius 1 is 1.43 bits per heavy atom. The molecule has 0 aromatic rings. The standard InChI is InChI=1S/C11H20N2O/c1-11(2,9-4-3-5-9)13-7-6-12-8-10(13)14/h9,12H,3-8H2,1-2H3. The fourth-order valence-corrected chi connectivity index (χ4v) is 2.55. The summed E-state index contributed by atoms with van der Waals surface area (Å²) in [5.74, 6) is 0.998. The summed E-state index contributed by atoms with van der Waals surface area (Å²) in [6, 6.07) is 0. The molecule has 0 unspecified atom stereocenters. The fourth-order valence-electron chi connectivity index (χ4n) is 2.55. The SMILES string of the molecule is CC(C)(C1CCC1)N1CCNCC1=O. The van der Waals surface area contributed by atoms with Crippen molar-refractivity contribution in [3.63, 3.8) is 0 Å². The van der Waals surface area contributed by atoms with Crippen LogP contribution < -0.4 is 5.32 Å². The average Bonchev–Trinajstić information content (AvgIpc) is 2.00. The second-order valence-electron chi connectivity index (χ2n) is 5.00. The molecule has 1 saturated heterocycles. The van der Waals surface area contributed by atoms with Gasteiger partial charge in [-0.05, 0) is 32.6 Å². The van der Waals surface area contributed by atoms with Gasteiger partial charge in [0.2, 0.25) is 5.91 Å². The van der Waals surface area contributed by atoms with Crippen LogP contribution in [-0.2, 0) is 4.79 Å². The maximum absolute atomic E-state index is 11.7. The van der Waals surface area contributed by atoms with Crippen molar-refractivity contribution in [1.29, 1.82) is 0 Å². The minimum absolute atomic E-state index is 0.0808. The molecule has 3 nitrogen and oxygen atoms in total. The van der Waals surface area contributed by atoms with Crippen molar-refractivity contribution in [3.8, 4) is 0 Å². The van der Waals surface area contributed by atoms with Crippen LogP contribution in [0, 0.1) is 5.92 Å². The molecule has 1 heterocycles. The van der Waals surface area contributed by atoms with Gasteiger partial charge in [-0.2, -0.15) is 0 Å². The smallest absolute Gasteiger partial charge is 0.237 e. The summed E-state index contributed by atoms with van der Waals surface area (Å²) >= 11 is 0. The Labute approximate surface area is 85.8 Å². The van der Waals surface area contributed by atoms with E-state index in [9.17, 15) is 4.79 Å². The molecule has 1 saturated carbocycles. The van der Waals surface area contributed by atoms with Crippen LogP contribution in [0.3, 0.4) is 0 Å². The Morgan fingerprint density at radius 2 is 2.14 bits per heavy atom. The van der Waals surface area contributed by atoms with Gasteiger partial charge < -0.3 is 10.2 Å². The number of hydrogen-bond donors (Lipinski definition) is 1. The molecule has 0 spiro atoms. The van der Waals surface area contributed by atoms with Gasteiger partial charge in [0.25, 0.3) is 0 Å². The van der Waals surface area contributed by atoms with Crippen LogP contribution >= 0.6 is 0 Å². The van der Waals surface area contributed by atoms with E-state index in [1.165, 1.54) is 19.3 Å². The van der Waals surface area contributed by atoms with Gasteiger partial charge in [-0.1, -0.05) is 6.42 Å². The molecule has 1 N–H and O–H groups in total. The predicted octanol–water partition coefficient (Wildman–Crippen LogP) is 0.997. The van der Waals surface area contributed by atoms with E-state index in [0.717, 1.165) is 19.0 Å². The number of carbonyl (C=O) groups is 1. The molecule has 2 fully saturated rings. The predicted molar refractivity (Wildman–Crippen MR) is 56.0 cm³/mol. The lowest BCUT2D eigenvalue weighted by molar-refractivity contribution is -0.141. The van der Waals surface area contributed by atoms with Gasteiger partial charge in [0.05, 0.1) is 6.54 Å². The van der Waals surface area contributed by atoms with Crippen LogP contribution in [-0.4, -0.2) is 36.0 Å². The largest absolute Gasteiger partial charge is 0.335 e. The summed E-state index contributed by atoms with van der Waals surface area (Å²) in [4.78, 5) is 13.8. The third-order valence-electron chi connectivity index (χ3n) is 3.89. The minimum Gasteiger partial charge on any atom is -0.335 e. The number of hydrogen-bond acceptors (Lipinski definition) is 2. The van der Waals surface area contributed by atoms with E-state index in [4.69, 9.17) is 0 Å². The quantitative estimate of drug-likeness (QED) is 0.714. The van der Waals surface area contributed by atoms with Crippen molar-refractivity contribution in [2.45, 2.75) is 38.6 Å². The van der Waals surface area contributed by atoms with Crippen LogP contribution in [0.2, 0.25) is 0 Å². The first-order valence-corrected chi connectivity index (χ1v) is 5.63. The molecule has 1 aliphatic carbocycles. The summed E-state index contributed by atoms with van der Waals surface area (Å²) < 4.78 is 0. The van der Waals surface area contributed by atoms with Gasteiger partial charge in [0.15, 0.2) is 0 Å². The molecular weight excluding hydrogens is 176 g/mol. The monoisotopic (exact) mass is 196 g/mol. The van der Waals surface area contributed by atoms with Gasteiger partial charge in [-0.15, -0.1) is 0 Å². The first-order chi connectivity index (χ1) is 6.62. The molecule has 14 heavy (non-hydrogen) atoms. The van der Waals surface area contributed by atoms with Crippen molar-refractivity contribution >= 4 is 5.91 Å². The summed E-state index contributed by atoms with van der Waals surface area (Å²) in [6.07, 6.45) is 3.93. The molecule has 0 aromatic heterocycles. The molecule has 0 atom stereocenters. The molecule has 1 amide bonds. The Hall–Kier alpha value is -0.570. The summed E-state index contributed by atoms with van der Waals surface area (Å²) in [6.45, 7) is 6.79. The molecule has 2 rings (SSSR count). The van der Waals surface area contributed by atoms with E-state index < -0.39 is 0 Å². The number of carbonyl (C=O) groups excluding carboxylic acids is 1. The maximum atomic E-state index is 11.7. The van der Waals surface area contributed by atoms with Crippen molar-refractivity contribution in [1.82, 2.24) is 10.2 Å². The number of piperazine rings is 1. The molecule has 3 heteroatoms. The topological polar surface area (TPSA) is 32.3 Å². The Morgan fingerprint density at radius 3 is 2.64 bits per heavy atom. The summed E-state index contributed by atoms with van der Waals surface area (Å²) in [5.41, 5.74) is 0.0808. The van der Waals surface area contributed by atoms with Crippen molar-refractivity contribution in [3.05, 3.63) is 0 Å². The molecule has 0 bridgehead atoms. The van der Waals surface area contributed by atoms with Crippen molar-refractivity contribution in [2.75, 3.05) is 19.6 Å². The maximum Gasteiger partial charge on any atom is 0.237 e. The highest BCUT2D eigenvalue weighted by molar-refractivity contribution is 5.79. The molecule has 0 aromatic carbocycles. The van der Waals surface area contributed by atoms with Crippen LogP contribution in [0.4, 0.5) is 0 Å². The lowest BCUT2D eigenvalue weighted by Crippen LogP contribution is -2.60. The Bertz CT molecular complexity index is 233. The number of nitrogens with one attached hydrogen (secondary N) is 1. The van der Waals surface area contributed by atoms with E-state index >= 15 is 0 Å². The second-order valence-corrected chi connectivity index (χ2v) is 5.00. The lowest BCUT2D eigenvalue weighted by atomic mass is 9.71. The number of rotatable bonds is 2. The minimum atomic E-state index is 0.0808. The van der Waals surface area contributed by atoms with Crippen molar-refractivity contribution < 1.29 is 4.79 Å². The van der Waals surface area contributed by atoms with Gasteiger partial charge >= 0.3 is 0 Å². The molecule has 2 aliphatic rings. The first-order valence-electron chi connectivity index (χ1n) is 5.63. The normalized spacial score (nSPS) is 25.0. The van der Waals surface area contributed by atoms with Gasteiger partial charge in [0, 0.05) is 18.6 Å². The van der Waals surface area contributed by atoms with E-state index in [2.05, 4.69) is 24.1 Å². The average molecular weight is 196 g/mol. The number of amides is 1. The zero-order valence-electron chi connectivity index (χ0n) is 9.18. The van der Waals surface area contributed by atoms with Gasteiger partial charge in [-0.3, -0.25) is 4.79 Å². The Balaban J connectivity index is 2.06. The van der Waals surface area contributed by atoms with Crippen LogP contribution in [0.5, 0.6) is 0 Å². The fraction of sp³-hybridized carbons (Fsp3) is 0.909. The third kappa shape index (κ3) is 1.54. The molecule has 0 radical (unpaired) electrons. The van der Waals surface area contributed by atoms with Crippen LogP contribution in [0.1, 0.15) is 33.1 Å². The number of nitrogens with zero attached hydrogens (tertiary/aromatic N) is 1. The highest BCUT2D eigenvalue weighted by Crippen LogP contribution is 2.39. The van der Waals surface area contributed by atoms with E-state index in [1.807, 2.05) is 0 Å². The first kappa shape index (κ1) is 9.97. The lowest BCUT2D eigenvalue weighted by Gasteiger charge is -2.49. The molecular formula is C11H20N2O. The van der Waals surface area contributed by atoms with E-state index in [1.54, 1.807) is 0 Å². The van der Waals surface area contributed by atoms with E-state index in [-0.39, 0.29) is 11.4 Å². The Kier molecular flexibility index (Phi) is 2.52. The van der Waals surface area contributed by atoms with Gasteiger partial charge in [-0.25, -0.2) is 0 Å². The zero-order valence-corrected chi connectivity index (χ0v) is 9.18. The van der Waals surface area contributed by atoms with Gasteiger partial charge in [0.1, 0.15) is 0 Å². The highest BCUT2D eigenvalue weighted by atomic mass is 16.2. The highest BCUT2D eigenvalue weighted by Gasteiger charge is 2.41.